The smallest absolute Gasteiger partial charge is 0.338 e. The van der Waals surface area contributed by atoms with Crippen LogP contribution in [0.5, 0.6) is 5.75 Å². The van der Waals surface area contributed by atoms with Crippen LogP contribution in [0.4, 0.5) is 0 Å². The first-order valence-electron chi connectivity index (χ1n) is 6.60. The molecule has 0 radical (unpaired) electrons. The van der Waals surface area contributed by atoms with Crippen LogP contribution >= 0.6 is 11.6 Å². The Balaban J connectivity index is 2.09. The van der Waals surface area contributed by atoms with Crippen LogP contribution in [0, 0.1) is 0 Å². The summed E-state index contributed by atoms with van der Waals surface area (Å²) in [6, 6.07) is 5.19. The van der Waals surface area contributed by atoms with Gasteiger partial charge in [0.05, 0.1) is 23.3 Å². The Morgan fingerprint density at radius 1 is 1.40 bits per heavy atom. The lowest BCUT2D eigenvalue weighted by molar-refractivity contribution is 0.0526. The van der Waals surface area contributed by atoms with Crippen molar-refractivity contribution in [3.63, 3.8) is 0 Å². The summed E-state index contributed by atoms with van der Waals surface area (Å²) >= 11 is 5.96. The third-order valence-electron chi connectivity index (χ3n) is 3.04. The summed E-state index contributed by atoms with van der Waals surface area (Å²) in [5.41, 5.74) is 1.17. The van der Waals surface area contributed by atoms with Crippen LogP contribution in [0.3, 0.4) is 0 Å². The maximum atomic E-state index is 11.9. The van der Waals surface area contributed by atoms with Crippen LogP contribution in [0.15, 0.2) is 24.4 Å². The highest BCUT2D eigenvalue weighted by atomic mass is 35.5. The average molecular weight is 292 g/mol. The second kappa shape index (κ2) is 5.29. The molecule has 0 unspecified atom stereocenters. The molecule has 1 aromatic heterocycles. The van der Waals surface area contributed by atoms with Crippen molar-refractivity contribution in [2.75, 3.05) is 6.61 Å². The molecule has 3 rings (SSSR count). The first-order valence-corrected chi connectivity index (χ1v) is 6.98. The summed E-state index contributed by atoms with van der Waals surface area (Å²) in [6.07, 6.45) is 3.89. The lowest BCUT2D eigenvalue weighted by Crippen LogP contribution is -2.06. The molecule has 0 spiro atoms. The van der Waals surface area contributed by atoms with Crippen LogP contribution in [-0.4, -0.2) is 23.7 Å². The van der Waals surface area contributed by atoms with E-state index in [0.29, 0.717) is 28.5 Å². The van der Waals surface area contributed by atoms with Gasteiger partial charge in [0.15, 0.2) is 0 Å². The van der Waals surface area contributed by atoms with Gasteiger partial charge >= 0.3 is 5.97 Å². The summed E-state index contributed by atoms with van der Waals surface area (Å²) in [4.78, 5) is 16.2. The van der Waals surface area contributed by atoms with E-state index in [9.17, 15) is 4.79 Å². The van der Waals surface area contributed by atoms with Crippen LogP contribution in [0.2, 0.25) is 5.02 Å². The van der Waals surface area contributed by atoms with E-state index >= 15 is 0 Å². The minimum Gasteiger partial charge on any atom is -0.488 e. The van der Waals surface area contributed by atoms with Crippen LogP contribution in [0.1, 0.15) is 30.1 Å². The molecule has 0 N–H and O–H groups in total. The number of benzene rings is 1. The molecule has 2 aromatic rings. The Morgan fingerprint density at radius 2 is 2.20 bits per heavy atom. The molecule has 5 heteroatoms. The molecule has 0 bridgehead atoms. The largest absolute Gasteiger partial charge is 0.488 e. The molecule has 20 heavy (non-hydrogen) atoms. The van der Waals surface area contributed by atoms with E-state index < -0.39 is 0 Å². The Kier molecular flexibility index (Phi) is 3.49. The van der Waals surface area contributed by atoms with Crippen LogP contribution in [0.25, 0.3) is 10.9 Å². The number of halogens is 1. The number of hydrogen-bond acceptors (Lipinski definition) is 4. The highest BCUT2D eigenvalue weighted by molar-refractivity contribution is 6.31. The molecule has 4 nitrogen and oxygen atoms in total. The van der Waals surface area contributed by atoms with Crippen molar-refractivity contribution in [1.82, 2.24) is 4.98 Å². The van der Waals surface area contributed by atoms with Crippen molar-refractivity contribution in [2.45, 2.75) is 25.9 Å². The number of esters is 1. The van der Waals surface area contributed by atoms with Gasteiger partial charge in [0, 0.05) is 11.6 Å². The lowest BCUT2D eigenvalue weighted by Gasteiger charge is -2.10. The number of aromatic nitrogens is 1. The standard InChI is InChI=1S/C15H14ClNO3/c1-2-19-15(18)10-5-9-6-11(16)8-17-14(9)13(7-10)20-12-3-4-12/h5-8,12H,2-4H2,1H3. The van der Waals surface area contributed by atoms with Crippen LogP contribution < -0.4 is 4.74 Å². The normalized spacial score (nSPS) is 14.3. The molecular weight excluding hydrogens is 278 g/mol. The maximum absolute atomic E-state index is 11.9. The predicted molar refractivity (Wildman–Crippen MR) is 76.4 cm³/mol. The molecule has 1 saturated carbocycles. The van der Waals surface area contributed by atoms with Crippen LogP contribution in [-0.2, 0) is 4.74 Å². The fraction of sp³-hybridized carbons (Fsp3) is 0.333. The number of fused-ring (bicyclic) bond motifs is 1. The van der Waals surface area contributed by atoms with Crippen molar-refractivity contribution in [3.05, 3.63) is 35.0 Å². The molecule has 104 valence electrons. The quantitative estimate of drug-likeness (QED) is 0.808. The predicted octanol–water partition coefficient (Wildman–Crippen LogP) is 3.61. The Labute approximate surface area is 121 Å². The molecule has 1 aromatic carbocycles. The number of nitrogens with zero attached hydrogens (tertiary/aromatic N) is 1. The summed E-state index contributed by atoms with van der Waals surface area (Å²) in [5, 5.41) is 1.30. The highest BCUT2D eigenvalue weighted by Crippen LogP contribution is 2.33. The summed E-state index contributed by atoms with van der Waals surface area (Å²) in [6.45, 7) is 2.11. The monoisotopic (exact) mass is 291 g/mol. The highest BCUT2D eigenvalue weighted by Gasteiger charge is 2.25. The van der Waals surface area contributed by atoms with Crippen molar-refractivity contribution < 1.29 is 14.3 Å². The van der Waals surface area contributed by atoms with Gasteiger partial charge in [-0.2, -0.15) is 0 Å². The van der Waals surface area contributed by atoms with E-state index in [0.717, 1.165) is 18.2 Å². The third kappa shape index (κ3) is 2.70. The van der Waals surface area contributed by atoms with Crippen molar-refractivity contribution in [1.29, 1.82) is 0 Å². The number of carbonyl (C=O) groups is 1. The molecule has 0 saturated heterocycles. The third-order valence-corrected chi connectivity index (χ3v) is 3.25. The van der Waals surface area contributed by atoms with E-state index in [2.05, 4.69) is 4.98 Å². The fourth-order valence-corrected chi connectivity index (χ4v) is 2.14. The van der Waals surface area contributed by atoms with Gasteiger partial charge in [-0.15, -0.1) is 0 Å². The summed E-state index contributed by atoms with van der Waals surface area (Å²) in [7, 11) is 0. The van der Waals surface area contributed by atoms with Gasteiger partial charge in [-0.3, -0.25) is 4.98 Å². The van der Waals surface area contributed by atoms with E-state index in [1.807, 2.05) is 0 Å². The first kappa shape index (κ1) is 13.2. The summed E-state index contributed by atoms with van der Waals surface area (Å²) < 4.78 is 10.9. The zero-order valence-corrected chi connectivity index (χ0v) is 11.8. The van der Waals surface area contributed by atoms with Crippen molar-refractivity contribution in [2.24, 2.45) is 0 Å². The molecule has 0 aliphatic heterocycles. The number of hydrogen-bond donors (Lipinski definition) is 0. The lowest BCUT2D eigenvalue weighted by atomic mass is 10.1. The number of pyridine rings is 1. The minimum absolute atomic E-state index is 0.230. The molecule has 0 atom stereocenters. The number of carbonyl (C=O) groups excluding carboxylic acids is 1. The van der Waals surface area contributed by atoms with Gasteiger partial charge in [0.1, 0.15) is 11.3 Å². The average Bonchev–Trinajstić information content (AvgIpc) is 3.22. The van der Waals surface area contributed by atoms with Gasteiger partial charge in [-0.05, 0) is 38.0 Å². The Bertz CT molecular complexity index is 667. The topological polar surface area (TPSA) is 48.4 Å². The maximum Gasteiger partial charge on any atom is 0.338 e. The Hall–Kier alpha value is -1.81. The van der Waals surface area contributed by atoms with Gasteiger partial charge in [-0.1, -0.05) is 11.6 Å². The van der Waals surface area contributed by atoms with E-state index in [1.54, 1.807) is 31.3 Å². The second-order valence-corrected chi connectivity index (χ2v) is 5.17. The van der Waals surface area contributed by atoms with Crippen molar-refractivity contribution in [3.8, 4) is 5.75 Å². The molecule has 1 aliphatic carbocycles. The van der Waals surface area contributed by atoms with E-state index in [4.69, 9.17) is 21.1 Å². The molecule has 0 amide bonds. The van der Waals surface area contributed by atoms with Gasteiger partial charge in [0.2, 0.25) is 0 Å². The fourth-order valence-electron chi connectivity index (χ4n) is 1.98. The summed E-state index contributed by atoms with van der Waals surface area (Å²) in [5.74, 6) is 0.250. The zero-order valence-electron chi connectivity index (χ0n) is 11.1. The van der Waals surface area contributed by atoms with E-state index in [-0.39, 0.29) is 12.1 Å². The SMILES string of the molecule is CCOC(=O)c1cc(OC2CC2)c2ncc(Cl)cc2c1. The van der Waals surface area contributed by atoms with Gasteiger partial charge in [0.25, 0.3) is 0 Å². The molecule has 1 heterocycles. The van der Waals surface area contributed by atoms with Crippen molar-refractivity contribution >= 4 is 28.5 Å². The molecular formula is C15H14ClNO3. The minimum atomic E-state index is -0.366. The molecule has 1 aliphatic rings. The second-order valence-electron chi connectivity index (χ2n) is 4.74. The van der Waals surface area contributed by atoms with Gasteiger partial charge in [-0.25, -0.2) is 4.79 Å². The molecule has 1 fully saturated rings. The zero-order chi connectivity index (χ0) is 14.1. The number of ether oxygens (including phenoxy) is 2. The van der Waals surface area contributed by atoms with E-state index in [1.165, 1.54) is 0 Å². The van der Waals surface area contributed by atoms with Gasteiger partial charge < -0.3 is 9.47 Å². The first-order chi connectivity index (χ1) is 9.67. The number of rotatable bonds is 4. The Morgan fingerprint density at radius 3 is 2.90 bits per heavy atom.